The van der Waals surface area contributed by atoms with Crippen molar-refractivity contribution in [2.45, 2.75) is 19.4 Å². The van der Waals surface area contributed by atoms with Crippen molar-refractivity contribution in [3.05, 3.63) is 65.5 Å². The zero-order chi connectivity index (χ0) is 17.2. The summed E-state index contributed by atoms with van der Waals surface area (Å²) in [7, 11) is 1.64. The van der Waals surface area contributed by atoms with Gasteiger partial charge in [0.25, 0.3) is 0 Å². The van der Waals surface area contributed by atoms with Crippen LogP contribution >= 0.6 is 0 Å². The molecule has 0 atom stereocenters. The van der Waals surface area contributed by atoms with Gasteiger partial charge in [-0.15, -0.1) is 0 Å². The predicted molar refractivity (Wildman–Crippen MR) is 92.4 cm³/mol. The highest BCUT2D eigenvalue weighted by Crippen LogP contribution is 2.10. The molecule has 24 heavy (non-hydrogen) atoms. The average molecular weight is 330 g/mol. The Hall–Kier alpha value is -2.40. The van der Waals surface area contributed by atoms with E-state index in [1.54, 1.807) is 19.2 Å². The molecule has 0 radical (unpaired) electrons. The second-order valence-electron chi connectivity index (χ2n) is 5.50. The van der Waals surface area contributed by atoms with Crippen LogP contribution in [0.4, 0.5) is 4.39 Å². The summed E-state index contributed by atoms with van der Waals surface area (Å²) in [6.45, 7) is 1.89. The van der Waals surface area contributed by atoms with Crippen molar-refractivity contribution in [3.8, 4) is 5.75 Å². The van der Waals surface area contributed by atoms with Crippen LogP contribution in [0, 0.1) is 5.82 Å². The summed E-state index contributed by atoms with van der Waals surface area (Å²) in [6.07, 6.45) is 1.13. The van der Waals surface area contributed by atoms with Crippen molar-refractivity contribution in [2.75, 3.05) is 20.2 Å². The highest BCUT2D eigenvalue weighted by atomic mass is 19.1. The first-order valence-electron chi connectivity index (χ1n) is 8.02. The van der Waals surface area contributed by atoms with E-state index in [0.29, 0.717) is 32.5 Å². The minimum Gasteiger partial charge on any atom is -0.497 e. The summed E-state index contributed by atoms with van der Waals surface area (Å²) >= 11 is 0. The molecule has 0 aliphatic heterocycles. The maximum absolute atomic E-state index is 12.8. The summed E-state index contributed by atoms with van der Waals surface area (Å²) in [5.74, 6) is 0.601. The van der Waals surface area contributed by atoms with Gasteiger partial charge in [-0.25, -0.2) is 4.39 Å². The molecule has 2 N–H and O–H groups in total. The molecule has 1 amide bonds. The monoisotopic (exact) mass is 330 g/mol. The fraction of sp³-hybridized carbons (Fsp3) is 0.316. The second kappa shape index (κ2) is 9.67. The Morgan fingerprint density at radius 3 is 2.33 bits per heavy atom. The van der Waals surface area contributed by atoms with Crippen LogP contribution in [0.15, 0.2) is 48.5 Å². The minimum atomic E-state index is -0.245. The van der Waals surface area contributed by atoms with Gasteiger partial charge in [0.15, 0.2) is 0 Å². The Balaban J connectivity index is 1.56. The number of rotatable bonds is 9. The Bertz CT molecular complexity index is 627. The predicted octanol–water partition coefficient (Wildman–Crippen LogP) is 2.67. The summed E-state index contributed by atoms with van der Waals surface area (Å²) in [5.41, 5.74) is 2.15. The van der Waals surface area contributed by atoms with Gasteiger partial charge >= 0.3 is 0 Å². The van der Waals surface area contributed by atoms with Crippen LogP contribution in [0.1, 0.15) is 17.5 Å². The van der Waals surface area contributed by atoms with Gasteiger partial charge in [0.05, 0.1) is 7.11 Å². The van der Waals surface area contributed by atoms with E-state index in [4.69, 9.17) is 4.74 Å². The van der Waals surface area contributed by atoms with E-state index in [1.807, 2.05) is 24.3 Å². The van der Waals surface area contributed by atoms with E-state index in [0.717, 1.165) is 16.9 Å². The first-order valence-corrected chi connectivity index (χ1v) is 8.02. The first kappa shape index (κ1) is 17.9. The average Bonchev–Trinajstić information content (AvgIpc) is 2.61. The largest absolute Gasteiger partial charge is 0.497 e. The molecule has 2 rings (SSSR count). The molecule has 0 saturated heterocycles. The SMILES string of the molecule is COc1ccc(CNCCC(=O)NCCc2ccc(F)cc2)cc1. The van der Waals surface area contributed by atoms with Crippen molar-refractivity contribution >= 4 is 5.91 Å². The van der Waals surface area contributed by atoms with Crippen LogP contribution in [-0.4, -0.2) is 26.1 Å². The van der Waals surface area contributed by atoms with E-state index in [1.165, 1.54) is 12.1 Å². The minimum absolute atomic E-state index is 0.0133. The van der Waals surface area contributed by atoms with Crippen LogP contribution < -0.4 is 15.4 Å². The topological polar surface area (TPSA) is 50.4 Å². The molecule has 0 bridgehead atoms. The smallest absolute Gasteiger partial charge is 0.221 e. The molecular formula is C19H23FN2O2. The number of halogens is 1. The molecular weight excluding hydrogens is 307 g/mol. The first-order chi connectivity index (χ1) is 11.7. The van der Waals surface area contributed by atoms with Gasteiger partial charge in [0.1, 0.15) is 11.6 Å². The van der Waals surface area contributed by atoms with Gasteiger partial charge in [0.2, 0.25) is 5.91 Å². The fourth-order valence-corrected chi connectivity index (χ4v) is 2.26. The fourth-order valence-electron chi connectivity index (χ4n) is 2.26. The quantitative estimate of drug-likeness (QED) is 0.695. The molecule has 0 heterocycles. The lowest BCUT2D eigenvalue weighted by molar-refractivity contribution is -0.120. The third kappa shape index (κ3) is 6.38. The number of hydrogen-bond acceptors (Lipinski definition) is 3. The van der Waals surface area contributed by atoms with Gasteiger partial charge in [-0.05, 0) is 41.8 Å². The van der Waals surface area contributed by atoms with Crippen molar-refractivity contribution in [2.24, 2.45) is 0 Å². The maximum Gasteiger partial charge on any atom is 0.221 e. The van der Waals surface area contributed by atoms with Gasteiger partial charge in [-0.1, -0.05) is 24.3 Å². The van der Waals surface area contributed by atoms with Crippen LogP contribution in [-0.2, 0) is 17.8 Å². The standard InChI is InChI=1S/C19H23FN2O2/c1-24-18-8-4-16(5-9-18)14-21-12-11-19(23)22-13-10-15-2-6-17(20)7-3-15/h2-9,21H,10-14H2,1H3,(H,22,23). The van der Waals surface area contributed by atoms with Crippen molar-refractivity contribution in [1.82, 2.24) is 10.6 Å². The van der Waals surface area contributed by atoms with Crippen molar-refractivity contribution in [3.63, 3.8) is 0 Å². The van der Waals surface area contributed by atoms with Gasteiger partial charge < -0.3 is 15.4 Å². The zero-order valence-electron chi connectivity index (χ0n) is 13.8. The number of hydrogen-bond donors (Lipinski definition) is 2. The molecule has 0 aliphatic rings. The molecule has 0 unspecified atom stereocenters. The van der Waals surface area contributed by atoms with Crippen molar-refractivity contribution < 1.29 is 13.9 Å². The molecule has 128 valence electrons. The maximum atomic E-state index is 12.8. The van der Waals surface area contributed by atoms with Gasteiger partial charge in [0, 0.05) is 26.1 Å². The van der Waals surface area contributed by atoms with E-state index in [-0.39, 0.29) is 11.7 Å². The van der Waals surface area contributed by atoms with E-state index < -0.39 is 0 Å². The summed E-state index contributed by atoms with van der Waals surface area (Å²) in [4.78, 5) is 11.8. The van der Waals surface area contributed by atoms with E-state index in [9.17, 15) is 9.18 Å². The molecule has 5 heteroatoms. The lowest BCUT2D eigenvalue weighted by Gasteiger charge is -2.07. The Morgan fingerprint density at radius 1 is 1.00 bits per heavy atom. The molecule has 0 aliphatic carbocycles. The number of nitrogens with one attached hydrogen (secondary N) is 2. The summed E-state index contributed by atoms with van der Waals surface area (Å²) < 4.78 is 17.9. The number of benzene rings is 2. The van der Waals surface area contributed by atoms with Crippen LogP contribution in [0.2, 0.25) is 0 Å². The summed E-state index contributed by atoms with van der Waals surface area (Å²) in [5, 5.41) is 6.11. The van der Waals surface area contributed by atoms with Crippen LogP contribution in [0.25, 0.3) is 0 Å². The van der Waals surface area contributed by atoms with Crippen LogP contribution in [0.3, 0.4) is 0 Å². The number of carbonyl (C=O) groups excluding carboxylic acids is 1. The molecule has 0 spiro atoms. The number of methoxy groups -OCH3 is 1. The second-order valence-corrected chi connectivity index (χ2v) is 5.50. The lowest BCUT2D eigenvalue weighted by atomic mass is 10.1. The van der Waals surface area contributed by atoms with Crippen LogP contribution in [0.5, 0.6) is 5.75 Å². The highest BCUT2D eigenvalue weighted by Gasteiger charge is 2.01. The zero-order valence-corrected chi connectivity index (χ0v) is 13.8. The molecule has 0 saturated carbocycles. The molecule has 0 aromatic heterocycles. The molecule has 2 aromatic carbocycles. The normalized spacial score (nSPS) is 10.4. The van der Waals surface area contributed by atoms with Gasteiger partial charge in [-0.2, -0.15) is 0 Å². The van der Waals surface area contributed by atoms with Crippen molar-refractivity contribution in [1.29, 1.82) is 0 Å². The lowest BCUT2D eigenvalue weighted by Crippen LogP contribution is -2.29. The molecule has 2 aromatic rings. The highest BCUT2D eigenvalue weighted by molar-refractivity contribution is 5.76. The Morgan fingerprint density at radius 2 is 1.67 bits per heavy atom. The van der Waals surface area contributed by atoms with Gasteiger partial charge in [-0.3, -0.25) is 4.79 Å². The third-order valence-corrected chi connectivity index (χ3v) is 3.67. The van der Waals surface area contributed by atoms with E-state index >= 15 is 0 Å². The number of carbonyl (C=O) groups is 1. The summed E-state index contributed by atoms with van der Waals surface area (Å²) in [6, 6.07) is 14.2. The number of amides is 1. The third-order valence-electron chi connectivity index (χ3n) is 3.67. The Labute approximate surface area is 142 Å². The molecule has 4 nitrogen and oxygen atoms in total. The number of ether oxygens (including phenoxy) is 1. The Kier molecular flexibility index (Phi) is 7.23. The molecule has 0 fully saturated rings. The van der Waals surface area contributed by atoms with E-state index in [2.05, 4.69) is 10.6 Å².